The Labute approximate surface area is 499 Å². The molecule has 470 valence electrons. The average Bonchev–Trinajstić information content (AvgIpc) is 2.97. The van der Waals surface area contributed by atoms with Crippen LogP contribution in [0, 0.1) is 23.2 Å². The fourth-order valence-electron chi connectivity index (χ4n) is 8.99. The normalized spacial score (nSPS) is 24.0. The third kappa shape index (κ3) is 22.3. The number of aromatic nitrogens is 1. The lowest BCUT2D eigenvalue weighted by Gasteiger charge is -2.33. The molecule has 4 rings (SSSR count). The minimum atomic E-state index is -1.95. The molecule has 2 heterocycles. The van der Waals surface area contributed by atoms with E-state index in [0.717, 1.165) is 0 Å². The van der Waals surface area contributed by atoms with Crippen LogP contribution < -0.4 is 64.2 Å². The average molecular weight is 1200 g/mol. The number of pyridine rings is 1. The third-order valence-electron chi connectivity index (χ3n) is 14.0. The van der Waals surface area contributed by atoms with Gasteiger partial charge in [0.15, 0.2) is 5.96 Å². The van der Waals surface area contributed by atoms with Gasteiger partial charge in [-0.25, -0.2) is 4.79 Å². The van der Waals surface area contributed by atoms with Gasteiger partial charge >= 0.3 is 6.09 Å². The van der Waals surface area contributed by atoms with Crippen LogP contribution in [0.25, 0.3) is 0 Å². The highest BCUT2D eigenvalue weighted by atomic mass is 16.5. The first-order valence-electron chi connectivity index (χ1n) is 28.5. The minimum Gasteiger partial charge on any atom is -0.445 e. The molecular formula is C58H84N14O14. The molecule has 0 bridgehead atoms. The zero-order valence-electron chi connectivity index (χ0n) is 49.4. The van der Waals surface area contributed by atoms with Crippen LogP contribution in [0.4, 0.5) is 4.79 Å². The lowest BCUT2D eigenvalue weighted by atomic mass is 9.94. The van der Waals surface area contributed by atoms with Gasteiger partial charge in [0, 0.05) is 25.4 Å². The van der Waals surface area contributed by atoms with E-state index in [4.69, 9.17) is 15.9 Å². The molecule has 1 aliphatic heterocycles. The van der Waals surface area contributed by atoms with Crippen molar-refractivity contribution in [3.05, 3.63) is 102 Å². The van der Waals surface area contributed by atoms with Crippen molar-refractivity contribution in [2.45, 2.75) is 154 Å². The number of alkyl carbamates (subject to hydrolysis) is 1. The Morgan fingerprint density at radius 2 is 1.24 bits per heavy atom. The molecule has 10 amide bonds. The van der Waals surface area contributed by atoms with Crippen LogP contribution in [0.1, 0.15) is 96.9 Å². The van der Waals surface area contributed by atoms with E-state index in [2.05, 4.69) is 63.5 Å². The van der Waals surface area contributed by atoms with E-state index in [0.29, 0.717) is 11.1 Å². The van der Waals surface area contributed by atoms with Crippen LogP contribution in [0.3, 0.4) is 0 Å². The number of hydrogen-bond donors (Lipinski definition) is 16. The van der Waals surface area contributed by atoms with Gasteiger partial charge in [0.1, 0.15) is 54.9 Å². The summed E-state index contributed by atoms with van der Waals surface area (Å²) in [6.07, 6.45) is -1.71. The van der Waals surface area contributed by atoms with Crippen LogP contribution in [0.2, 0.25) is 0 Å². The summed E-state index contributed by atoms with van der Waals surface area (Å²) in [6, 6.07) is 4.33. The molecule has 28 heteroatoms. The summed E-state index contributed by atoms with van der Waals surface area (Å²) in [5.41, 5.74) is 6.62. The second kappa shape index (κ2) is 34.9. The SMILES string of the molecule is CC[C@H](C)[C@@H]1NC(=O)[C@@H](CCCNC(=N)N)NC(=O)[C@H](CC(C)C)NC(=O)[C@H]([C@H](O)C(C)C)NC(=O)[C@@H](NC(=O)OCc2ccccc2)[C@@H](c2ccccc2)NC(=O)[C@H](CO)NC(=O)[C@H](Cc2cccnc2)NC(=O)CNC(=O)[C@H]([C@H](C)O)NC1=O. The molecule has 0 spiro atoms. The summed E-state index contributed by atoms with van der Waals surface area (Å²) in [4.78, 5) is 147. The van der Waals surface area contributed by atoms with Crippen molar-refractivity contribution in [1.82, 2.24) is 63.5 Å². The predicted octanol–water partition coefficient (Wildman–Crippen LogP) is -1.95. The number of amides is 10. The molecule has 86 heavy (non-hydrogen) atoms. The molecule has 1 fully saturated rings. The van der Waals surface area contributed by atoms with Crippen molar-refractivity contribution in [2.24, 2.45) is 23.5 Å². The van der Waals surface area contributed by atoms with E-state index >= 15 is 4.79 Å². The summed E-state index contributed by atoms with van der Waals surface area (Å²) in [5.74, 6) is -11.4. The zero-order valence-corrected chi connectivity index (χ0v) is 49.4. The Hall–Kier alpha value is -8.76. The summed E-state index contributed by atoms with van der Waals surface area (Å²) in [5, 5.41) is 68.8. The van der Waals surface area contributed by atoms with Crippen LogP contribution >= 0.6 is 0 Å². The predicted molar refractivity (Wildman–Crippen MR) is 313 cm³/mol. The van der Waals surface area contributed by atoms with Crippen LogP contribution in [0.15, 0.2) is 85.2 Å². The quantitative estimate of drug-likeness (QED) is 0.0374. The standard InChI is InChI=1S/C58H84N14O14/c1-8-33(6)43-54(82)69-44(34(7)74)53(81)63-28-42(75)64-40(26-36-19-15-23-61-27-36)51(79)67-41(29-73)52(80)70-45(37-20-13-10-14-21-37)46(72-58(85)86-30-35-17-11-9-12-18-35)55(83)71-47(48(76)32(4)5)56(84)66-39(25-31(2)3)50(78)65-38(49(77)68-43)22-16-24-62-57(59)60/h9-15,17-21,23,27,31-34,38-41,43-48,73-74,76H,8,16,22,24-26,28-30H2,1-7H3,(H,63,81)(H,64,75)(H,65,78)(H,66,84)(H,67,79)(H,68,77)(H,69,82)(H,70,80)(H,71,83)(H,72,85)(H4,59,60,62)/t33-,34-,38+,39-,40-,41-,43-,44-,45+,46-,47-,48+/m0/s1. The Kier molecular flexibility index (Phi) is 28.3. The Morgan fingerprint density at radius 1 is 0.674 bits per heavy atom. The van der Waals surface area contributed by atoms with Gasteiger partial charge in [-0.1, -0.05) is 115 Å². The fraction of sp³-hybridized carbons (Fsp3) is 0.517. The van der Waals surface area contributed by atoms with E-state index in [-0.39, 0.29) is 62.7 Å². The van der Waals surface area contributed by atoms with Gasteiger partial charge in [-0.15, -0.1) is 0 Å². The number of carbonyl (C=O) groups is 10. The van der Waals surface area contributed by atoms with Gasteiger partial charge < -0.3 is 84.3 Å². The fourth-order valence-corrected chi connectivity index (χ4v) is 8.99. The maximum absolute atomic E-state index is 15.1. The molecule has 3 aromatic rings. The molecule has 0 saturated carbocycles. The molecule has 0 unspecified atom stereocenters. The monoisotopic (exact) mass is 1200 g/mol. The highest BCUT2D eigenvalue weighted by Crippen LogP contribution is 2.21. The van der Waals surface area contributed by atoms with Crippen molar-refractivity contribution < 1.29 is 68.0 Å². The number of guanidine groups is 1. The summed E-state index contributed by atoms with van der Waals surface area (Å²) in [7, 11) is 0. The van der Waals surface area contributed by atoms with Crippen LogP contribution in [-0.4, -0.2) is 166 Å². The van der Waals surface area contributed by atoms with Crippen molar-refractivity contribution in [1.29, 1.82) is 5.41 Å². The minimum absolute atomic E-state index is 0.0594. The molecule has 0 radical (unpaired) electrons. The Morgan fingerprint density at radius 3 is 1.84 bits per heavy atom. The van der Waals surface area contributed by atoms with E-state index < -0.39 is 151 Å². The van der Waals surface area contributed by atoms with Crippen molar-refractivity contribution in [3.8, 4) is 0 Å². The smallest absolute Gasteiger partial charge is 0.408 e. The number of aliphatic hydroxyl groups is 3. The number of nitrogens with zero attached hydrogens (tertiary/aromatic N) is 1. The molecule has 17 N–H and O–H groups in total. The van der Waals surface area contributed by atoms with E-state index in [1.54, 1.807) is 88.4 Å². The summed E-state index contributed by atoms with van der Waals surface area (Å²) >= 11 is 0. The number of nitrogens with two attached hydrogens (primary N) is 1. The number of aliphatic hydroxyl groups excluding tert-OH is 3. The second-order valence-corrected chi connectivity index (χ2v) is 21.8. The first-order chi connectivity index (χ1) is 40.8. The molecule has 1 saturated heterocycles. The third-order valence-corrected chi connectivity index (χ3v) is 14.0. The van der Waals surface area contributed by atoms with Crippen molar-refractivity contribution >= 4 is 65.2 Å². The number of benzene rings is 2. The lowest BCUT2D eigenvalue weighted by molar-refractivity contribution is -0.138. The molecule has 1 aliphatic rings. The van der Waals surface area contributed by atoms with Gasteiger partial charge in [-0.3, -0.25) is 53.5 Å². The number of rotatable bonds is 18. The molecular weight excluding hydrogens is 1120 g/mol. The first kappa shape index (κ1) is 69.7. The molecule has 0 aliphatic carbocycles. The lowest BCUT2D eigenvalue weighted by Crippen LogP contribution is -2.64. The van der Waals surface area contributed by atoms with Gasteiger partial charge in [-0.2, -0.15) is 0 Å². The first-order valence-corrected chi connectivity index (χ1v) is 28.5. The maximum atomic E-state index is 15.1. The molecule has 1 aromatic heterocycles. The van der Waals surface area contributed by atoms with Gasteiger partial charge in [0.25, 0.3) is 0 Å². The molecule has 2 aromatic carbocycles. The number of ether oxygens (including phenoxy) is 1. The largest absolute Gasteiger partial charge is 0.445 e. The van der Waals surface area contributed by atoms with Gasteiger partial charge in [-0.05, 0) is 66.7 Å². The van der Waals surface area contributed by atoms with E-state index in [9.17, 15) is 58.5 Å². The Bertz CT molecular complexity index is 2760. The Balaban J connectivity index is 1.92. The van der Waals surface area contributed by atoms with Crippen molar-refractivity contribution in [3.63, 3.8) is 0 Å². The number of nitrogens with one attached hydrogen (secondary N) is 12. The molecule has 28 nitrogen and oxygen atoms in total. The summed E-state index contributed by atoms with van der Waals surface area (Å²) in [6.45, 7) is 8.95. The highest BCUT2D eigenvalue weighted by Gasteiger charge is 2.41. The highest BCUT2D eigenvalue weighted by molar-refractivity contribution is 5.99. The number of carbonyl (C=O) groups excluding carboxylic acids is 10. The number of hydrogen-bond acceptors (Lipinski definition) is 16. The van der Waals surface area contributed by atoms with Crippen LogP contribution in [0.5, 0.6) is 0 Å². The van der Waals surface area contributed by atoms with Crippen molar-refractivity contribution in [2.75, 3.05) is 19.7 Å². The van der Waals surface area contributed by atoms with E-state index in [1.165, 1.54) is 45.3 Å². The second-order valence-electron chi connectivity index (χ2n) is 21.8. The summed E-state index contributed by atoms with van der Waals surface area (Å²) < 4.78 is 5.52. The van der Waals surface area contributed by atoms with Crippen LogP contribution in [-0.2, 0) is 60.9 Å². The maximum Gasteiger partial charge on any atom is 0.408 e. The topological polar surface area (TPSA) is 436 Å². The van der Waals surface area contributed by atoms with Gasteiger partial charge in [0.2, 0.25) is 53.2 Å². The zero-order chi connectivity index (χ0) is 63.6. The molecule has 12 atom stereocenters. The van der Waals surface area contributed by atoms with E-state index in [1.807, 2.05) is 0 Å². The van der Waals surface area contributed by atoms with Gasteiger partial charge in [0.05, 0.1) is 31.4 Å².